The smallest absolute Gasteiger partial charge is 0.266 e. The van der Waals surface area contributed by atoms with Crippen molar-refractivity contribution in [2.45, 2.75) is 74.8 Å². The SMILES string of the molecule is C[Si](C)(I)CCOCn1ccc2c(C3C=NN(C(CC=C(F)F)C4CCCC(Br)C4)C3)ncnc21. The molecule has 3 heterocycles. The van der Waals surface area contributed by atoms with Crippen LogP contribution >= 0.6 is 37.7 Å². The molecule has 6 nitrogen and oxygen atoms in total. The third-order valence-electron chi connectivity index (χ3n) is 6.88. The molecule has 0 amide bonds. The lowest BCUT2D eigenvalue weighted by Gasteiger charge is -2.37. The first-order valence-corrected chi connectivity index (χ1v) is 19.5. The molecule has 11 heteroatoms. The van der Waals surface area contributed by atoms with Gasteiger partial charge in [0.25, 0.3) is 6.08 Å². The van der Waals surface area contributed by atoms with Crippen LogP contribution in [0.2, 0.25) is 19.1 Å². The number of rotatable bonds is 10. The Hall–Kier alpha value is -0.923. The van der Waals surface area contributed by atoms with E-state index in [1.165, 1.54) is 0 Å². The summed E-state index contributed by atoms with van der Waals surface area (Å²) in [5.74, 6) is 0.326. The van der Waals surface area contributed by atoms with E-state index < -0.39 is 11.7 Å². The fourth-order valence-corrected chi connectivity index (χ4v) is 7.12. The second-order valence-electron chi connectivity index (χ2n) is 10.1. The topological polar surface area (TPSA) is 55.5 Å². The lowest BCUT2D eigenvalue weighted by atomic mass is 9.82. The zero-order valence-electron chi connectivity index (χ0n) is 20.2. The molecule has 1 aliphatic carbocycles. The van der Waals surface area contributed by atoms with E-state index in [4.69, 9.17) is 9.84 Å². The minimum absolute atomic E-state index is 0.00634. The molecule has 1 aliphatic heterocycles. The van der Waals surface area contributed by atoms with Crippen LogP contribution in [0.3, 0.4) is 0 Å². The zero-order chi connectivity index (χ0) is 25.0. The van der Waals surface area contributed by atoms with Crippen LogP contribution < -0.4 is 0 Å². The summed E-state index contributed by atoms with van der Waals surface area (Å²) < 4.78 is 33.9. The van der Waals surface area contributed by atoms with Crippen molar-refractivity contribution in [3.8, 4) is 0 Å². The van der Waals surface area contributed by atoms with Crippen LogP contribution in [0.1, 0.15) is 43.7 Å². The van der Waals surface area contributed by atoms with E-state index in [2.05, 4.69) is 60.8 Å². The van der Waals surface area contributed by atoms with Crippen LogP contribution in [0.15, 0.2) is 35.8 Å². The van der Waals surface area contributed by atoms with E-state index in [9.17, 15) is 8.78 Å². The molecule has 0 aromatic carbocycles. The van der Waals surface area contributed by atoms with Gasteiger partial charge in [-0.15, -0.1) is 21.8 Å². The van der Waals surface area contributed by atoms with Gasteiger partial charge in [0.2, 0.25) is 0 Å². The van der Waals surface area contributed by atoms with Gasteiger partial charge in [-0.2, -0.15) is 13.9 Å². The predicted molar refractivity (Wildman–Crippen MR) is 151 cm³/mol. The molecule has 192 valence electrons. The number of hydrazone groups is 1. The van der Waals surface area contributed by atoms with Gasteiger partial charge in [0.1, 0.15) is 24.3 Å². The number of nitrogens with zero attached hydrogens (tertiary/aromatic N) is 5. The lowest BCUT2D eigenvalue weighted by Crippen LogP contribution is -2.39. The van der Waals surface area contributed by atoms with E-state index in [1.807, 2.05) is 28.1 Å². The van der Waals surface area contributed by atoms with E-state index >= 15 is 0 Å². The molecule has 0 saturated heterocycles. The fourth-order valence-electron chi connectivity index (χ4n) is 5.02. The van der Waals surface area contributed by atoms with Gasteiger partial charge in [0.15, 0.2) is 0 Å². The molecule has 1 fully saturated rings. The first kappa shape index (κ1) is 27.1. The van der Waals surface area contributed by atoms with E-state index in [1.54, 1.807) is 6.33 Å². The third kappa shape index (κ3) is 7.32. The highest BCUT2D eigenvalue weighted by atomic mass is 127. The monoisotopic (exact) mass is 679 g/mol. The Morgan fingerprint density at radius 1 is 1.34 bits per heavy atom. The minimum atomic E-state index is -1.62. The van der Waals surface area contributed by atoms with Gasteiger partial charge < -0.3 is 9.30 Å². The quantitative estimate of drug-likeness (QED) is 0.0900. The molecular formula is C24H33BrF2IN5OSi. The summed E-state index contributed by atoms with van der Waals surface area (Å²) in [6.45, 7) is 6.50. The van der Waals surface area contributed by atoms with Gasteiger partial charge in [0, 0.05) is 35.8 Å². The van der Waals surface area contributed by atoms with Crippen molar-refractivity contribution in [1.82, 2.24) is 19.5 Å². The first-order chi connectivity index (χ1) is 16.7. The van der Waals surface area contributed by atoms with Crippen LogP contribution in [-0.2, 0) is 11.5 Å². The molecule has 0 bridgehead atoms. The summed E-state index contributed by atoms with van der Waals surface area (Å²) in [6.07, 6.45) is 9.53. The second-order valence-corrected chi connectivity index (χ2v) is 24.1. The van der Waals surface area contributed by atoms with Crippen LogP contribution in [0.4, 0.5) is 8.78 Å². The Kier molecular flexibility index (Phi) is 9.36. The molecule has 2 aromatic heterocycles. The standard InChI is InChI=1S/C24H33BrF2IN5OSi/c1-35(2,28)11-10-34-16-32-9-8-20-23(29-15-30-24(20)32)18-13-31-33(14-18)21(6-7-22(26)27)17-4-3-5-19(25)12-17/h7-9,13,15,17-19,21H,3-6,10-12,14,16H2,1-2H3. The molecule has 1 saturated carbocycles. The van der Waals surface area contributed by atoms with Gasteiger partial charge in [-0.1, -0.05) is 35.4 Å². The highest BCUT2D eigenvalue weighted by molar-refractivity contribution is 14.1. The van der Waals surface area contributed by atoms with Crippen molar-refractivity contribution in [3.05, 3.63) is 36.4 Å². The van der Waals surface area contributed by atoms with Crippen LogP contribution in [-0.4, -0.2) is 55.3 Å². The summed E-state index contributed by atoms with van der Waals surface area (Å²) in [6, 6.07) is 3.11. The average Bonchev–Trinajstić information content (AvgIpc) is 3.44. The van der Waals surface area contributed by atoms with Crippen LogP contribution in [0.25, 0.3) is 11.0 Å². The van der Waals surface area contributed by atoms with E-state index in [0.29, 0.717) is 30.4 Å². The molecule has 4 atom stereocenters. The van der Waals surface area contributed by atoms with Crippen molar-refractivity contribution < 1.29 is 13.5 Å². The number of hydrogen-bond donors (Lipinski definition) is 0. The number of alkyl halides is 1. The lowest BCUT2D eigenvalue weighted by molar-refractivity contribution is 0.0901. The molecular weight excluding hydrogens is 647 g/mol. The number of hydrogen-bond acceptors (Lipinski definition) is 5. The summed E-state index contributed by atoms with van der Waals surface area (Å²) in [5, 5.41) is 7.71. The van der Waals surface area contributed by atoms with Crippen molar-refractivity contribution in [1.29, 1.82) is 0 Å². The molecule has 2 aliphatic rings. The second kappa shape index (κ2) is 12.1. The summed E-state index contributed by atoms with van der Waals surface area (Å²) in [7, 11) is 0. The van der Waals surface area contributed by atoms with Gasteiger partial charge in [-0.3, -0.25) is 5.01 Å². The Morgan fingerprint density at radius 3 is 2.91 bits per heavy atom. The maximum Gasteiger partial charge on any atom is 0.266 e. The maximum atomic E-state index is 13.0. The van der Waals surface area contributed by atoms with Crippen molar-refractivity contribution in [2.24, 2.45) is 11.0 Å². The highest BCUT2D eigenvalue weighted by Gasteiger charge is 2.34. The van der Waals surface area contributed by atoms with E-state index in [-0.39, 0.29) is 12.0 Å². The van der Waals surface area contributed by atoms with Crippen molar-refractivity contribution >= 4 is 60.5 Å². The van der Waals surface area contributed by atoms with Gasteiger partial charge >= 0.3 is 0 Å². The Bertz CT molecular complexity index is 1060. The third-order valence-corrected chi connectivity index (χ3v) is 10.7. The fraction of sp³-hybridized carbons (Fsp3) is 0.625. The Labute approximate surface area is 227 Å². The molecule has 0 spiro atoms. The molecule has 4 rings (SSSR count). The van der Waals surface area contributed by atoms with Crippen molar-refractivity contribution in [3.63, 3.8) is 0 Å². The minimum Gasteiger partial charge on any atom is -0.361 e. The normalized spacial score (nSPS) is 23.7. The number of fused-ring (bicyclic) bond motifs is 1. The van der Waals surface area contributed by atoms with Crippen LogP contribution in [0.5, 0.6) is 0 Å². The van der Waals surface area contributed by atoms with Gasteiger partial charge in [-0.05, 0) is 49.8 Å². The molecule has 4 unspecified atom stereocenters. The van der Waals surface area contributed by atoms with E-state index in [0.717, 1.165) is 61.1 Å². The number of aromatic nitrogens is 3. The Balaban J connectivity index is 1.46. The first-order valence-electron chi connectivity index (χ1n) is 12.2. The zero-order valence-corrected chi connectivity index (χ0v) is 25.0. The predicted octanol–water partition coefficient (Wildman–Crippen LogP) is 6.92. The summed E-state index contributed by atoms with van der Waals surface area (Å²) in [4.78, 5) is 9.56. The molecule has 0 N–H and O–H groups in total. The largest absolute Gasteiger partial charge is 0.361 e. The van der Waals surface area contributed by atoms with Gasteiger partial charge in [0.05, 0.1) is 17.7 Å². The Morgan fingerprint density at radius 2 is 2.17 bits per heavy atom. The molecule has 2 aromatic rings. The summed E-state index contributed by atoms with van der Waals surface area (Å²) in [5.41, 5.74) is 0.611. The highest BCUT2D eigenvalue weighted by Crippen LogP contribution is 2.37. The number of halogens is 4. The summed E-state index contributed by atoms with van der Waals surface area (Å²) >= 11 is 6.32. The maximum absolute atomic E-state index is 13.0. The molecule has 35 heavy (non-hydrogen) atoms. The molecule has 0 radical (unpaired) electrons. The van der Waals surface area contributed by atoms with Crippen molar-refractivity contribution in [2.75, 3.05) is 13.2 Å². The number of ether oxygens (including phenoxy) is 1. The van der Waals surface area contributed by atoms with Gasteiger partial charge in [-0.25, -0.2) is 9.97 Å². The van der Waals surface area contributed by atoms with Crippen LogP contribution in [0, 0.1) is 5.92 Å². The average molecular weight is 680 g/mol.